The van der Waals surface area contributed by atoms with Crippen molar-refractivity contribution in [3.63, 3.8) is 0 Å². The molecule has 5 rings (SSSR count). The summed E-state index contributed by atoms with van der Waals surface area (Å²) in [6, 6.07) is 14.3. The Bertz CT molecular complexity index is 1150. The first-order valence-electron chi connectivity index (χ1n) is 9.15. The smallest absolute Gasteiger partial charge is 0.337 e. The Morgan fingerprint density at radius 3 is 2.67 bits per heavy atom. The lowest BCUT2D eigenvalue weighted by Crippen LogP contribution is -2.18. The van der Waals surface area contributed by atoms with Gasteiger partial charge in [0.15, 0.2) is 0 Å². The van der Waals surface area contributed by atoms with Crippen LogP contribution in [-0.2, 0) is 10.2 Å². The summed E-state index contributed by atoms with van der Waals surface area (Å²) >= 11 is 0. The fourth-order valence-corrected chi connectivity index (χ4v) is 4.63. The number of hydrogen-bond donors (Lipinski definition) is 0. The van der Waals surface area contributed by atoms with Crippen LogP contribution >= 0.6 is 0 Å². The first-order chi connectivity index (χ1) is 13.0. The van der Waals surface area contributed by atoms with Gasteiger partial charge in [0.25, 0.3) is 0 Å². The SMILES string of the molecule is COC(=O)c1ccc2c(c1)C(C)(C)c1c3c(c4ccccc4c1-2)OCC=C3. The minimum Gasteiger partial charge on any atom is -0.488 e. The fraction of sp³-hybridized carbons (Fsp3) is 0.208. The maximum Gasteiger partial charge on any atom is 0.337 e. The zero-order valence-electron chi connectivity index (χ0n) is 15.6. The minimum absolute atomic E-state index is 0.242. The first kappa shape index (κ1) is 16.1. The molecule has 0 radical (unpaired) electrons. The van der Waals surface area contributed by atoms with E-state index in [1.165, 1.54) is 29.2 Å². The summed E-state index contributed by atoms with van der Waals surface area (Å²) in [4.78, 5) is 12.1. The van der Waals surface area contributed by atoms with E-state index in [1.54, 1.807) is 0 Å². The molecule has 0 fully saturated rings. The topological polar surface area (TPSA) is 35.5 Å². The van der Waals surface area contributed by atoms with Crippen LogP contribution in [0.3, 0.4) is 0 Å². The molecule has 0 spiro atoms. The average Bonchev–Trinajstić information content (AvgIpc) is 2.95. The summed E-state index contributed by atoms with van der Waals surface area (Å²) in [5.41, 5.74) is 6.34. The molecule has 0 atom stereocenters. The second kappa shape index (κ2) is 5.46. The van der Waals surface area contributed by atoms with E-state index in [4.69, 9.17) is 9.47 Å². The fourth-order valence-electron chi connectivity index (χ4n) is 4.63. The highest BCUT2D eigenvalue weighted by atomic mass is 16.5. The summed E-state index contributed by atoms with van der Waals surface area (Å²) in [5.74, 6) is 0.653. The van der Waals surface area contributed by atoms with Crippen LogP contribution in [-0.4, -0.2) is 19.7 Å². The lowest BCUT2D eigenvalue weighted by atomic mass is 9.78. The highest BCUT2D eigenvalue weighted by Gasteiger charge is 2.40. The third kappa shape index (κ3) is 2.05. The van der Waals surface area contributed by atoms with Gasteiger partial charge in [-0.25, -0.2) is 4.79 Å². The number of benzene rings is 3. The van der Waals surface area contributed by atoms with Crippen molar-refractivity contribution in [2.75, 3.05) is 13.7 Å². The van der Waals surface area contributed by atoms with Gasteiger partial charge in [-0.2, -0.15) is 0 Å². The van der Waals surface area contributed by atoms with Gasteiger partial charge in [-0.1, -0.05) is 50.3 Å². The molecular formula is C24H20O3. The van der Waals surface area contributed by atoms with E-state index in [0.29, 0.717) is 12.2 Å². The van der Waals surface area contributed by atoms with Gasteiger partial charge in [0.2, 0.25) is 0 Å². The number of esters is 1. The highest BCUT2D eigenvalue weighted by molar-refractivity contribution is 6.08. The molecule has 134 valence electrons. The molecule has 0 N–H and O–H groups in total. The van der Waals surface area contributed by atoms with E-state index in [9.17, 15) is 4.79 Å². The molecular weight excluding hydrogens is 336 g/mol. The Kier molecular flexibility index (Phi) is 3.26. The molecule has 2 aliphatic rings. The molecule has 3 aromatic carbocycles. The molecule has 1 aliphatic carbocycles. The highest BCUT2D eigenvalue weighted by Crippen LogP contribution is 2.56. The van der Waals surface area contributed by atoms with Crippen molar-refractivity contribution in [1.82, 2.24) is 0 Å². The maximum absolute atomic E-state index is 12.1. The van der Waals surface area contributed by atoms with Crippen molar-refractivity contribution in [3.8, 4) is 16.9 Å². The summed E-state index contributed by atoms with van der Waals surface area (Å²) in [6.07, 6.45) is 4.25. The Morgan fingerprint density at radius 2 is 1.89 bits per heavy atom. The predicted molar refractivity (Wildman–Crippen MR) is 107 cm³/mol. The largest absolute Gasteiger partial charge is 0.488 e. The summed E-state index contributed by atoms with van der Waals surface area (Å²) in [6.45, 7) is 5.03. The van der Waals surface area contributed by atoms with Crippen molar-refractivity contribution in [3.05, 3.63) is 70.8 Å². The zero-order valence-corrected chi connectivity index (χ0v) is 15.6. The number of rotatable bonds is 1. The molecule has 1 aliphatic heterocycles. The monoisotopic (exact) mass is 356 g/mol. The molecule has 3 heteroatoms. The van der Waals surface area contributed by atoms with Crippen LogP contribution in [0.5, 0.6) is 5.75 Å². The Balaban J connectivity index is 1.92. The van der Waals surface area contributed by atoms with Gasteiger partial charge in [0, 0.05) is 16.4 Å². The van der Waals surface area contributed by atoms with E-state index in [2.05, 4.69) is 56.3 Å². The Morgan fingerprint density at radius 1 is 1.11 bits per heavy atom. The molecule has 3 aromatic rings. The molecule has 0 bridgehead atoms. The van der Waals surface area contributed by atoms with Crippen molar-refractivity contribution in [2.24, 2.45) is 0 Å². The van der Waals surface area contributed by atoms with Gasteiger partial charge in [-0.15, -0.1) is 0 Å². The van der Waals surface area contributed by atoms with E-state index in [0.717, 1.165) is 22.3 Å². The molecule has 0 saturated heterocycles. The summed E-state index contributed by atoms with van der Waals surface area (Å²) < 4.78 is 11.0. The first-order valence-corrected chi connectivity index (χ1v) is 9.15. The van der Waals surface area contributed by atoms with Gasteiger partial charge < -0.3 is 9.47 Å². The third-order valence-corrected chi connectivity index (χ3v) is 5.82. The number of ether oxygens (including phenoxy) is 2. The average molecular weight is 356 g/mol. The van der Waals surface area contributed by atoms with E-state index >= 15 is 0 Å². The van der Waals surface area contributed by atoms with Gasteiger partial charge in [-0.3, -0.25) is 0 Å². The van der Waals surface area contributed by atoms with E-state index in [-0.39, 0.29) is 11.4 Å². The van der Waals surface area contributed by atoms with Crippen LogP contribution in [0.1, 0.15) is 40.9 Å². The molecule has 27 heavy (non-hydrogen) atoms. The number of fused-ring (bicyclic) bond motifs is 8. The predicted octanol–water partition coefficient (Wildman–Crippen LogP) is 5.34. The van der Waals surface area contributed by atoms with Crippen molar-refractivity contribution < 1.29 is 14.3 Å². The zero-order chi connectivity index (χ0) is 18.8. The van der Waals surface area contributed by atoms with Gasteiger partial charge in [0.05, 0.1) is 12.7 Å². The van der Waals surface area contributed by atoms with Crippen molar-refractivity contribution in [2.45, 2.75) is 19.3 Å². The quantitative estimate of drug-likeness (QED) is 0.552. The third-order valence-electron chi connectivity index (χ3n) is 5.82. The number of carbonyl (C=O) groups excluding carboxylic acids is 1. The molecule has 0 saturated carbocycles. The maximum atomic E-state index is 12.1. The molecule has 1 heterocycles. The van der Waals surface area contributed by atoms with Gasteiger partial charge in [0.1, 0.15) is 12.4 Å². The van der Waals surface area contributed by atoms with Crippen molar-refractivity contribution >= 4 is 22.8 Å². The van der Waals surface area contributed by atoms with Gasteiger partial charge in [-0.05, 0) is 45.8 Å². The van der Waals surface area contributed by atoms with Crippen molar-refractivity contribution in [1.29, 1.82) is 0 Å². The number of methoxy groups -OCH3 is 1. The molecule has 0 unspecified atom stereocenters. The van der Waals surface area contributed by atoms with Crippen LogP contribution in [0.2, 0.25) is 0 Å². The number of carbonyl (C=O) groups is 1. The summed E-state index contributed by atoms with van der Waals surface area (Å²) in [5, 5.41) is 2.33. The normalized spacial score (nSPS) is 15.7. The molecule has 3 nitrogen and oxygen atoms in total. The second-order valence-electron chi connectivity index (χ2n) is 7.63. The standard InChI is InChI=1S/C24H20O3/c1-24(2)19-13-14(23(25)26-3)10-11-17(19)20-15-7-4-5-8-16(15)22-18(21(20)24)9-6-12-27-22/h4-11,13H,12H2,1-3H3. The molecule has 0 aromatic heterocycles. The van der Waals surface area contributed by atoms with Crippen LogP contribution in [0.4, 0.5) is 0 Å². The Hall–Kier alpha value is -3.07. The minimum atomic E-state index is -0.306. The van der Waals surface area contributed by atoms with Crippen LogP contribution in [0.25, 0.3) is 28.0 Å². The molecule has 0 amide bonds. The summed E-state index contributed by atoms with van der Waals surface area (Å²) in [7, 11) is 1.42. The lowest BCUT2D eigenvalue weighted by molar-refractivity contribution is 0.0600. The van der Waals surface area contributed by atoms with E-state index in [1.807, 2.05) is 12.1 Å². The Labute approximate surface area is 158 Å². The van der Waals surface area contributed by atoms with Crippen LogP contribution in [0, 0.1) is 0 Å². The lowest BCUT2D eigenvalue weighted by Gasteiger charge is -2.27. The van der Waals surface area contributed by atoms with Crippen LogP contribution in [0.15, 0.2) is 48.5 Å². The second-order valence-corrected chi connectivity index (χ2v) is 7.63. The number of hydrogen-bond acceptors (Lipinski definition) is 3. The van der Waals surface area contributed by atoms with E-state index < -0.39 is 0 Å². The van der Waals surface area contributed by atoms with Gasteiger partial charge >= 0.3 is 5.97 Å². The van der Waals surface area contributed by atoms with Crippen LogP contribution < -0.4 is 4.74 Å².